The summed E-state index contributed by atoms with van der Waals surface area (Å²) in [5.74, 6) is -3.77. The number of rotatable bonds is 30. The van der Waals surface area contributed by atoms with Gasteiger partial charge in [-0.3, -0.25) is 66.8 Å². The number of nitrogens with zero attached hydrogens (tertiary/aromatic N) is 5. The number of nitrogens with one attached hydrogen (secondary N) is 4. The van der Waals surface area contributed by atoms with Crippen LogP contribution in [0.1, 0.15) is 110 Å². The van der Waals surface area contributed by atoms with Crippen LogP contribution in [0.15, 0.2) is 123 Å². The topological polar surface area (TPSA) is 573 Å². The molecule has 8 heterocycles. The molecule has 38 nitrogen and oxygen atoms in total. The first-order valence-electron chi connectivity index (χ1n) is 39.9. The number of aliphatic hydroxyl groups excluding tert-OH is 8. The fraction of sp³-hybridized carbons (Fsp3) is 0.537. The number of H-pyrrole nitrogens is 3. The Hall–Kier alpha value is -8.58. The number of allylic oxidation sites excluding steroid dienone is 1. The second kappa shape index (κ2) is 42.8. The quantitative estimate of drug-likeness (QED) is 0.00934. The molecular weight excluding hydrogens is 1700 g/mol. The summed E-state index contributed by atoms with van der Waals surface area (Å²) in [6.07, 6.45) is 8.12. The highest BCUT2D eigenvalue weighted by Gasteiger charge is 2.48. The van der Waals surface area contributed by atoms with Crippen LogP contribution in [0.2, 0.25) is 0 Å². The van der Waals surface area contributed by atoms with E-state index in [0.29, 0.717) is 44.0 Å². The molecule has 4 fully saturated rings. The molecule has 4 saturated heterocycles. The van der Waals surface area contributed by atoms with Gasteiger partial charge in [-0.2, -0.15) is 0 Å². The first-order valence-corrected chi connectivity index (χ1v) is 52.2. The van der Waals surface area contributed by atoms with Crippen LogP contribution in [0.4, 0.5) is 4.79 Å². The van der Waals surface area contributed by atoms with E-state index in [-0.39, 0.29) is 48.7 Å². The Kier molecular flexibility index (Phi) is 34.8. The fourth-order valence-electron chi connectivity index (χ4n) is 14.4. The lowest BCUT2D eigenvalue weighted by atomic mass is 9.98. The highest BCUT2D eigenvalue weighted by molar-refractivity contribution is 7.73. The summed E-state index contributed by atoms with van der Waals surface area (Å²) in [5.41, 5.74) is 4.79. The Balaban J connectivity index is 0.000000210. The van der Waals surface area contributed by atoms with Crippen LogP contribution in [-0.2, 0) is 75.8 Å². The molecule has 17 atom stereocenters. The highest BCUT2D eigenvalue weighted by Crippen LogP contribution is 2.46. The third-order valence-electron chi connectivity index (χ3n) is 21.2. The average Bonchev–Trinajstić information content (AvgIpc) is 1.58. The third kappa shape index (κ3) is 27.0. The van der Waals surface area contributed by atoms with E-state index in [9.17, 15) is 98.4 Å². The summed E-state index contributed by atoms with van der Waals surface area (Å²) >= 11 is 0. The van der Waals surface area contributed by atoms with Gasteiger partial charge in [-0.15, -0.1) is 52.7 Å². The molecule has 6 aromatic rings. The molecule has 4 aliphatic heterocycles. The van der Waals surface area contributed by atoms with E-state index in [4.69, 9.17) is 44.4 Å². The predicted molar refractivity (Wildman–Crippen MR) is 476 cm³/mol. The molecule has 124 heavy (non-hydrogen) atoms. The number of ether oxygens (including phenoxy) is 6. The van der Waals surface area contributed by atoms with Gasteiger partial charge >= 0.3 is 46.8 Å². The number of carbonyl (C=O) groups is 4. The van der Waals surface area contributed by atoms with Crippen LogP contribution >= 0.6 is 27.5 Å². The van der Waals surface area contributed by atoms with Gasteiger partial charge < -0.3 is 95.1 Å². The number of aromatic nitrogens is 8. The van der Waals surface area contributed by atoms with Gasteiger partial charge in [-0.25, -0.2) is 24.0 Å². The normalized spacial score (nSPS) is 24.4. The van der Waals surface area contributed by atoms with Gasteiger partial charge in [0.05, 0.1) is 42.8 Å². The van der Waals surface area contributed by atoms with Crippen molar-refractivity contribution in [2.24, 2.45) is 12.8 Å². The summed E-state index contributed by atoms with van der Waals surface area (Å²) in [6.45, 7) is 15.5. The summed E-state index contributed by atoms with van der Waals surface area (Å²) in [7, 11) is 1.43. The first kappa shape index (κ1) is 101. The minimum atomic E-state index is -1.45. The second-order valence-electron chi connectivity index (χ2n) is 34.6. The maximum atomic E-state index is 12.9. The summed E-state index contributed by atoms with van der Waals surface area (Å²) in [4.78, 5) is 151. The summed E-state index contributed by atoms with van der Waals surface area (Å²) < 4.78 is 38.1. The zero-order chi connectivity index (χ0) is 92.3. The fourth-order valence-corrected chi connectivity index (χ4v) is 18.2. The molecule has 0 radical (unpaired) electrons. The molecule has 0 spiro atoms. The van der Waals surface area contributed by atoms with Crippen molar-refractivity contribution >= 4 is 76.8 Å². The zero-order valence-corrected chi connectivity index (χ0v) is 74.8. The van der Waals surface area contributed by atoms with E-state index in [2.05, 4.69) is 67.1 Å². The van der Waals surface area contributed by atoms with Crippen LogP contribution < -0.4 is 56.0 Å². The molecule has 4 aromatic heterocycles. The number of aromatic amines is 3. The molecule has 0 saturated carbocycles. The van der Waals surface area contributed by atoms with Crippen LogP contribution in [-0.4, -0.2) is 309 Å². The lowest BCUT2D eigenvalue weighted by Gasteiger charge is -2.19. The summed E-state index contributed by atoms with van der Waals surface area (Å²) in [5, 5.41) is 104. The summed E-state index contributed by atoms with van der Waals surface area (Å²) in [6, 6.07) is 14.3. The Morgan fingerprint density at radius 3 is 1.31 bits per heavy atom. The van der Waals surface area contributed by atoms with E-state index < -0.39 is 214 Å². The minimum Gasteiger partial charge on any atom is -0.481 e. The number of fused-ring (bicyclic) bond motifs is 3. The van der Waals surface area contributed by atoms with Crippen molar-refractivity contribution in [3.8, 4) is 11.1 Å². The van der Waals surface area contributed by atoms with Gasteiger partial charge in [0.2, 0.25) is 0 Å². The van der Waals surface area contributed by atoms with Crippen LogP contribution in [0.3, 0.4) is 0 Å². The molecular formula is C82H118N10O28P4. The van der Waals surface area contributed by atoms with Crippen molar-refractivity contribution in [1.82, 2.24) is 43.1 Å². The Bertz CT molecular complexity index is 5540. The number of esters is 1. The number of hydrogen-bond acceptors (Lipinski definition) is 28. The molecule has 11 rings (SSSR count). The standard InChI is InChI=1S/C30H33N2O9P.C19H32N3O5P.C18H30N3O7P.C15H23N2O7P/c1-42(2,3)13-12-23-25(34)26(35)28(40-23)32-15-17(27(36)31-29(32)37)14-24(33)41-30(38)39-16-22-20-10-6-4-8-18(20)19-9-5-7-11-21(19)22;1-12(2)6-8-20-10-13-11-22(19(26)21-17(13)25)18-16(24)15(23)14(27-18)7-9-28(3,4)5;1-20-9-10(16(24)21(18(20)27)7-5-11(19)17(25)26)15-14(23)13(22)12(28-15)6-8-29(2,3)4;1-25(2,3)5-4-9-11(20)12(21)14(24-9)17-7-8(6-10(18)19)13(22)16-15(17)23/h4-11,15,22-23,25-26,28,34-35H,1,12-14,16H2,2-3H3,(H,31,36,37);6,11,14-16,18,20,23-24H,3,7-10H2,1-2,4-5H3,(H,21,25,26);9,11-15,22-23H,2,5-8,19H2,1,3-4H3,(H,25,26);7,9,11-12,14,20-21H,1,4-6H2,2-3H3,(H,18,19)(H,16,22,23)/t23-,25-,26-,28-;14-,15-,16-,18-;11?,12-,13-,14-,15?;9-,11-,12-,14-/m1111/s1. The van der Waals surface area contributed by atoms with Gasteiger partial charge in [-0.1, -0.05) is 60.2 Å². The van der Waals surface area contributed by atoms with Gasteiger partial charge in [0.25, 0.3) is 22.2 Å². The van der Waals surface area contributed by atoms with E-state index in [0.717, 1.165) is 81.5 Å². The molecule has 1 aliphatic carbocycles. The van der Waals surface area contributed by atoms with Crippen LogP contribution in [0.25, 0.3) is 11.1 Å². The van der Waals surface area contributed by atoms with Gasteiger partial charge in [-0.05, 0) is 146 Å². The zero-order valence-electron chi connectivity index (χ0n) is 71.3. The van der Waals surface area contributed by atoms with Crippen molar-refractivity contribution in [2.75, 3.05) is 91.1 Å². The minimum absolute atomic E-state index is 0.0220. The number of benzene rings is 2. The van der Waals surface area contributed by atoms with Gasteiger partial charge in [0.1, 0.15) is 67.6 Å². The predicted octanol–water partition coefficient (Wildman–Crippen LogP) is 0.0930. The molecule has 2 aromatic carbocycles. The largest absolute Gasteiger partial charge is 0.516 e. The van der Waals surface area contributed by atoms with E-state index in [1.807, 2.05) is 100 Å². The van der Waals surface area contributed by atoms with Crippen molar-refractivity contribution in [3.63, 3.8) is 0 Å². The lowest BCUT2D eigenvalue weighted by molar-refractivity contribution is -0.140. The van der Waals surface area contributed by atoms with Gasteiger partial charge in [0, 0.05) is 74.1 Å². The highest BCUT2D eigenvalue weighted by atomic mass is 31.2. The number of aliphatic carboxylic acids is 2. The number of aryl methyl sites for hydroxylation is 1. The maximum Gasteiger partial charge on any atom is 0.516 e. The number of carboxylic acids is 2. The third-order valence-corrected chi connectivity index (χ3v) is 27.1. The van der Waals surface area contributed by atoms with Gasteiger partial charge in [0.15, 0.2) is 18.7 Å². The number of carbonyl (C=O) groups excluding carboxylic acids is 2. The van der Waals surface area contributed by atoms with Crippen LogP contribution in [0.5, 0.6) is 0 Å². The number of carboxylic acid groups (broad SMARTS) is 2. The molecule has 2 unspecified atom stereocenters. The monoisotopic (exact) mass is 1810 g/mol. The SMILES string of the molecule is C=P(C)(C)CC[C@H]1OC(c2cn(C)c(=O)n(CCC(N)C(=O)O)c2=O)[C@H](O)[C@@H]1O.C=P(C)(C)CC[C@H]1O[C@@H](n2cc(CC(=O)O)c(=O)[nH]c2=O)[C@H](O)[C@@H]1O.C=P(C)(C)CC[C@H]1O[C@@H](n2cc(CC(=O)OC(=O)OCC3c4ccccc4-c4ccccc43)c(=O)[nH]c2=O)[C@H](O)[C@@H]1O.C=P(C)(C)CC[C@H]1O[C@@H](n2cc(CNCC=C(C)C)c(=O)[nH]c2=O)[C@H](O)[C@@H]1O. The van der Waals surface area contributed by atoms with E-state index >= 15 is 0 Å². The lowest BCUT2D eigenvalue weighted by Crippen LogP contribution is -2.44. The van der Waals surface area contributed by atoms with Crippen LogP contribution in [0, 0.1) is 0 Å². The van der Waals surface area contributed by atoms with Crippen molar-refractivity contribution in [3.05, 3.63) is 202 Å². The van der Waals surface area contributed by atoms with Crippen molar-refractivity contribution < 1.29 is 98.7 Å². The molecule has 16 N–H and O–H groups in total. The first-order chi connectivity index (χ1) is 57.7. The number of nitrogens with two attached hydrogens (primary N) is 1. The average molecular weight is 1820 g/mol. The Morgan fingerprint density at radius 2 is 0.911 bits per heavy atom. The number of hydrogen-bond donors (Lipinski definition) is 15. The second-order valence-corrected chi connectivity index (χ2v) is 51.8. The van der Waals surface area contributed by atoms with E-state index in [1.165, 1.54) is 19.4 Å². The van der Waals surface area contributed by atoms with E-state index in [1.54, 1.807) is 0 Å². The number of aliphatic hydroxyl groups is 8. The molecule has 684 valence electrons. The molecule has 42 heteroatoms. The molecule has 5 aliphatic rings. The molecule has 0 bridgehead atoms. The Labute approximate surface area is 713 Å². The maximum absolute atomic E-state index is 12.9. The Morgan fingerprint density at radius 1 is 0.532 bits per heavy atom. The smallest absolute Gasteiger partial charge is 0.481 e. The molecule has 0 amide bonds. The van der Waals surface area contributed by atoms with Crippen molar-refractivity contribution in [1.29, 1.82) is 0 Å². The van der Waals surface area contributed by atoms with Crippen molar-refractivity contribution in [2.45, 2.75) is 182 Å².